The van der Waals surface area contributed by atoms with Crippen molar-refractivity contribution in [1.29, 1.82) is 0 Å². The minimum atomic E-state index is -0.776. The fourth-order valence-electron chi connectivity index (χ4n) is 1.34. The van der Waals surface area contributed by atoms with Gasteiger partial charge in [0.2, 0.25) is 0 Å². The number of alkyl carbamates (subject to hydrolysis) is 1. The average Bonchev–Trinajstić information content (AvgIpc) is 2.53. The first kappa shape index (κ1) is 11.6. The summed E-state index contributed by atoms with van der Waals surface area (Å²) in [7, 11) is 1.27. The van der Waals surface area contributed by atoms with Gasteiger partial charge < -0.3 is 19.6 Å². The van der Waals surface area contributed by atoms with Gasteiger partial charge in [-0.25, -0.2) is 4.79 Å². The van der Waals surface area contributed by atoms with E-state index < -0.39 is 12.2 Å². The first-order valence-corrected chi connectivity index (χ1v) is 4.61. The summed E-state index contributed by atoms with van der Waals surface area (Å²) in [4.78, 5) is 10.8. The van der Waals surface area contributed by atoms with Gasteiger partial charge in [-0.1, -0.05) is 0 Å². The molecular weight excluding hydrogens is 198 g/mol. The van der Waals surface area contributed by atoms with Crippen molar-refractivity contribution in [3.63, 3.8) is 0 Å². The quantitative estimate of drug-likeness (QED) is 0.793. The van der Waals surface area contributed by atoms with Gasteiger partial charge in [-0.15, -0.1) is 0 Å². The van der Waals surface area contributed by atoms with Crippen LogP contribution in [-0.2, 0) is 4.74 Å². The van der Waals surface area contributed by atoms with Crippen LogP contribution in [0, 0.1) is 13.8 Å². The molecule has 1 unspecified atom stereocenters. The van der Waals surface area contributed by atoms with Gasteiger partial charge in [-0.2, -0.15) is 0 Å². The van der Waals surface area contributed by atoms with Gasteiger partial charge in [-0.3, -0.25) is 0 Å². The summed E-state index contributed by atoms with van der Waals surface area (Å²) in [5.41, 5.74) is 0.684. The maximum Gasteiger partial charge on any atom is 0.406 e. The van der Waals surface area contributed by atoms with E-state index in [1.165, 1.54) is 7.11 Å². The zero-order valence-electron chi connectivity index (χ0n) is 9.03. The van der Waals surface area contributed by atoms with Crippen molar-refractivity contribution in [2.75, 3.05) is 13.7 Å². The average molecular weight is 213 g/mol. The Morgan fingerprint density at radius 2 is 2.33 bits per heavy atom. The molecule has 0 fully saturated rings. The lowest BCUT2D eigenvalue weighted by molar-refractivity contribution is 0.146. The predicted octanol–water partition coefficient (Wildman–Crippen LogP) is 1.29. The van der Waals surface area contributed by atoms with Crippen LogP contribution in [0.2, 0.25) is 0 Å². The zero-order chi connectivity index (χ0) is 11.4. The van der Waals surface area contributed by atoms with E-state index in [-0.39, 0.29) is 6.54 Å². The highest BCUT2D eigenvalue weighted by Gasteiger charge is 2.15. The number of hydrogen-bond acceptors (Lipinski definition) is 4. The van der Waals surface area contributed by atoms with Crippen LogP contribution >= 0.6 is 0 Å². The van der Waals surface area contributed by atoms with E-state index in [1.807, 2.05) is 0 Å². The third kappa shape index (κ3) is 2.99. The number of methoxy groups -OCH3 is 1. The Morgan fingerprint density at radius 1 is 1.67 bits per heavy atom. The summed E-state index contributed by atoms with van der Waals surface area (Å²) in [6.45, 7) is 3.67. The van der Waals surface area contributed by atoms with Gasteiger partial charge in [0.1, 0.15) is 11.5 Å². The van der Waals surface area contributed by atoms with Gasteiger partial charge in [-0.05, 0) is 19.9 Å². The van der Waals surface area contributed by atoms with Crippen molar-refractivity contribution in [2.45, 2.75) is 20.0 Å². The molecule has 5 heteroatoms. The predicted molar refractivity (Wildman–Crippen MR) is 53.5 cm³/mol. The highest BCUT2D eigenvalue weighted by Crippen LogP contribution is 2.20. The van der Waals surface area contributed by atoms with Crippen molar-refractivity contribution in [1.82, 2.24) is 5.32 Å². The minimum absolute atomic E-state index is 0.104. The zero-order valence-corrected chi connectivity index (χ0v) is 9.03. The number of aliphatic hydroxyl groups excluding tert-OH is 1. The molecule has 0 aliphatic rings. The first-order chi connectivity index (χ1) is 7.04. The molecule has 1 aromatic heterocycles. The van der Waals surface area contributed by atoms with Crippen LogP contribution in [0.3, 0.4) is 0 Å². The van der Waals surface area contributed by atoms with Crippen LogP contribution in [-0.4, -0.2) is 24.9 Å². The molecule has 0 bridgehead atoms. The molecule has 0 aliphatic carbocycles. The summed E-state index contributed by atoms with van der Waals surface area (Å²) in [6, 6.07) is 1.75. The molecule has 0 saturated heterocycles. The second kappa shape index (κ2) is 4.84. The van der Waals surface area contributed by atoms with Crippen molar-refractivity contribution in [3.05, 3.63) is 23.2 Å². The van der Waals surface area contributed by atoms with Crippen LogP contribution in [0.15, 0.2) is 10.5 Å². The summed E-state index contributed by atoms with van der Waals surface area (Å²) in [6.07, 6.45) is -1.34. The van der Waals surface area contributed by atoms with Crippen LogP contribution in [0.5, 0.6) is 0 Å². The van der Waals surface area contributed by atoms with Gasteiger partial charge in [0, 0.05) is 5.56 Å². The van der Waals surface area contributed by atoms with E-state index in [9.17, 15) is 9.90 Å². The molecule has 2 N–H and O–H groups in total. The molecule has 1 amide bonds. The lowest BCUT2D eigenvalue weighted by Crippen LogP contribution is -2.28. The van der Waals surface area contributed by atoms with E-state index in [1.54, 1.807) is 19.9 Å². The SMILES string of the molecule is COC(=O)NCC(O)c1cc(C)oc1C. The number of furan rings is 1. The third-order valence-electron chi connectivity index (χ3n) is 2.06. The number of amides is 1. The number of aryl methyl sites for hydroxylation is 2. The molecule has 1 atom stereocenters. The number of hydrogen-bond donors (Lipinski definition) is 2. The Balaban J connectivity index is 2.57. The Labute approximate surface area is 88.0 Å². The second-order valence-electron chi connectivity index (χ2n) is 3.26. The Kier molecular flexibility index (Phi) is 3.74. The molecule has 1 rings (SSSR count). The van der Waals surface area contributed by atoms with E-state index in [0.29, 0.717) is 11.3 Å². The molecule has 0 radical (unpaired) electrons. The first-order valence-electron chi connectivity index (χ1n) is 4.61. The van der Waals surface area contributed by atoms with E-state index in [0.717, 1.165) is 5.76 Å². The van der Waals surface area contributed by atoms with E-state index in [4.69, 9.17) is 4.42 Å². The van der Waals surface area contributed by atoms with E-state index in [2.05, 4.69) is 10.1 Å². The van der Waals surface area contributed by atoms with Gasteiger partial charge >= 0.3 is 6.09 Å². The normalized spacial score (nSPS) is 12.3. The Morgan fingerprint density at radius 3 is 2.80 bits per heavy atom. The van der Waals surface area contributed by atoms with Crippen LogP contribution < -0.4 is 5.32 Å². The monoisotopic (exact) mass is 213 g/mol. The smallest absolute Gasteiger partial charge is 0.406 e. The minimum Gasteiger partial charge on any atom is -0.466 e. The Hall–Kier alpha value is -1.49. The molecule has 0 spiro atoms. The lowest BCUT2D eigenvalue weighted by atomic mass is 10.1. The van der Waals surface area contributed by atoms with Gasteiger partial charge in [0.25, 0.3) is 0 Å². The van der Waals surface area contributed by atoms with Crippen molar-refractivity contribution >= 4 is 6.09 Å². The molecule has 15 heavy (non-hydrogen) atoms. The fourth-order valence-corrected chi connectivity index (χ4v) is 1.34. The highest BCUT2D eigenvalue weighted by atomic mass is 16.5. The second-order valence-corrected chi connectivity index (χ2v) is 3.26. The number of carbonyl (C=O) groups excluding carboxylic acids is 1. The third-order valence-corrected chi connectivity index (χ3v) is 2.06. The molecule has 1 aromatic rings. The number of rotatable bonds is 3. The topological polar surface area (TPSA) is 71.7 Å². The molecule has 0 aliphatic heterocycles. The molecule has 5 nitrogen and oxygen atoms in total. The summed E-state index contributed by atoms with van der Waals surface area (Å²) < 4.78 is 9.65. The number of carbonyl (C=O) groups is 1. The summed E-state index contributed by atoms with van der Waals surface area (Å²) in [5, 5.41) is 12.1. The van der Waals surface area contributed by atoms with Crippen LogP contribution in [0.4, 0.5) is 4.79 Å². The van der Waals surface area contributed by atoms with Crippen LogP contribution in [0.25, 0.3) is 0 Å². The standard InChI is InChI=1S/C10H15NO4/c1-6-4-8(7(2)15-6)9(12)5-11-10(13)14-3/h4,9,12H,5H2,1-3H3,(H,11,13). The lowest BCUT2D eigenvalue weighted by Gasteiger charge is -2.09. The number of aliphatic hydroxyl groups is 1. The molecule has 0 aromatic carbocycles. The van der Waals surface area contributed by atoms with Crippen molar-refractivity contribution < 1.29 is 19.1 Å². The van der Waals surface area contributed by atoms with Crippen molar-refractivity contribution in [3.8, 4) is 0 Å². The maximum atomic E-state index is 10.8. The maximum absolute atomic E-state index is 10.8. The summed E-state index contributed by atoms with van der Waals surface area (Å²) >= 11 is 0. The van der Waals surface area contributed by atoms with Crippen molar-refractivity contribution in [2.24, 2.45) is 0 Å². The van der Waals surface area contributed by atoms with Crippen LogP contribution in [0.1, 0.15) is 23.2 Å². The molecule has 0 saturated carbocycles. The molecular formula is C10H15NO4. The number of nitrogens with one attached hydrogen (secondary N) is 1. The largest absolute Gasteiger partial charge is 0.466 e. The fraction of sp³-hybridized carbons (Fsp3) is 0.500. The van der Waals surface area contributed by atoms with E-state index >= 15 is 0 Å². The van der Waals surface area contributed by atoms with Gasteiger partial charge in [0.15, 0.2) is 0 Å². The summed E-state index contributed by atoms with van der Waals surface area (Å²) in [5.74, 6) is 1.39. The molecule has 1 heterocycles. The Bertz CT molecular complexity index is 345. The highest BCUT2D eigenvalue weighted by molar-refractivity contribution is 5.66. The van der Waals surface area contributed by atoms with Gasteiger partial charge in [0.05, 0.1) is 19.8 Å². The molecule has 84 valence electrons. The number of ether oxygens (including phenoxy) is 1.